The molecule has 0 fully saturated rings. The highest BCUT2D eigenvalue weighted by Gasteiger charge is 2.12. The second kappa shape index (κ2) is 4.95. The van der Waals surface area contributed by atoms with E-state index in [1.54, 1.807) is 0 Å². The van der Waals surface area contributed by atoms with Crippen LogP contribution in [0.25, 0.3) is 22.6 Å². The minimum absolute atomic E-state index is 0.475. The fraction of sp³-hybridized carbons (Fsp3) is 0.235. The van der Waals surface area contributed by atoms with Crippen LogP contribution in [-0.4, -0.2) is 4.98 Å². The predicted molar refractivity (Wildman–Crippen MR) is 83.3 cm³/mol. The van der Waals surface area contributed by atoms with Gasteiger partial charge in [0.15, 0.2) is 5.58 Å². The first kappa shape index (κ1) is 13.2. The third kappa shape index (κ3) is 2.32. The van der Waals surface area contributed by atoms with Gasteiger partial charge < -0.3 is 4.42 Å². The summed E-state index contributed by atoms with van der Waals surface area (Å²) in [5, 5.41) is 0.667. The van der Waals surface area contributed by atoms with Gasteiger partial charge >= 0.3 is 0 Å². The number of nitrogens with zero attached hydrogens (tertiary/aromatic N) is 1. The van der Waals surface area contributed by atoms with Crippen LogP contribution in [0.3, 0.4) is 0 Å². The molecule has 0 atom stereocenters. The van der Waals surface area contributed by atoms with Crippen molar-refractivity contribution < 1.29 is 4.42 Å². The molecule has 3 aromatic rings. The molecule has 0 aliphatic rings. The SMILES string of the molecule is Cc1ccc(-c2nc3cc(C(C)C)ccc3o2)c(Cl)c1. The molecular weight excluding hydrogens is 270 g/mol. The molecule has 1 aromatic heterocycles. The molecule has 0 bridgehead atoms. The molecule has 2 aromatic carbocycles. The fourth-order valence-corrected chi connectivity index (χ4v) is 2.53. The minimum Gasteiger partial charge on any atom is -0.436 e. The van der Waals surface area contributed by atoms with Crippen molar-refractivity contribution in [3.05, 3.63) is 52.5 Å². The fourth-order valence-electron chi connectivity index (χ4n) is 2.21. The molecule has 0 aliphatic carbocycles. The van der Waals surface area contributed by atoms with Crippen molar-refractivity contribution in [1.29, 1.82) is 0 Å². The van der Waals surface area contributed by atoms with E-state index in [0.29, 0.717) is 16.8 Å². The van der Waals surface area contributed by atoms with Gasteiger partial charge in [-0.15, -0.1) is 0 Å². The molecule has 0 radical (unpaired) electrons. The summed E-state index contributed by atoms with van der Waals surface area (Å²) < 4.78 is 5.81. The van der Waals surface area contributed by atoms with Gasteiger partial charge in [-0.05, 0) is 48.2 Å². The molecule has 0 saturated carbocycles. The zero-order valence-corrected chi connectivity index (χ0v) is 12.5. The van der Waals surface area contributed by atoms with E-state index in [4.69, 9.17) is 16.0 Å². The second-order valence-corrected chi connectivity index (χ2v) is 5.79. The highest BCUT2D eigenvalue weighted by molar-refractivity contribution is 6.33. The molecular formula is C17H16ClNO. The van der Waals surface area contributed by atoms with Crippen molar-refractivity contribution in [2.45, 2.75) is 26.7 Å². The molecule has 3 heteroatoms. The first-order chi connectivity index (χ1) is 9.54. The average Bonchev–Trinajstić information content (AvgIpc) is 2.80. The molecule has 0 amide bonds. The lowest BCUT2D eigenvalue weighted by molar-refractivity contribution is 0.619. The zero-order valence-electron chi connectivity index (χ0n) is 11.8. The summed E-state index contributed by atoms with van der Waals surface area (Å²) in [5.74, 6) is 1.05. The molecule has 20 heavy (non-hydrogen) atoms. The maximum atomic E-state index is 6.27. The van der Waals surface area contributed by atoms with Crippen molar-refractivity contribution in [2.24, 2.45) is 0 Å². The quantitative estimate of drug-likeness (QED) is 0.614. The Bertz CT molecular complexity index is 774. The van der Waals surface area contributed by atoms with E-state index in [1.165, 1.54) is 5.56 Å². The van der Waals surface area contributed by atoms with E-state index in [2.05, 4.69) is 31.0 Å². The van der Waals surface area contributed by atoms with Crippen LogP contribution in [0, 0.1) is 6.92 Å². The number of oxazole rings is 1. The monoisotopic (exact) mass is 285 g/mol. The maximum Gasteiger partial charge on any atom is 0.228 e. The van der Waals surface area contributed by atoms with E-state index >= 15 is 0 Å². The Kier molecular flexibility index (Phi) is 3.27. The summed E-state index contributed by atoms with van der Waals surface area (Å²) in [5.41, 5.74) is 4.88. The molecule has 0 N–H and O–H groups in total. The van der Waals surface area contributed by atoms with Gasteiger partial charge in [0, 0.05) is 0 Å². The van der Waals surface area contributed by atoms with Gasteiger partial charge in [0.05, 0.1) is 10.6 Å². The third-order valence-electron chi connectivity index (χ3n) is 3.43. The number of aromatic nitrogens is 1. The third-order valence-corrected chi connectivity index (χ3v) is 3.75. The van der Waals surface area contributed by atoms with Gasteiger partial charge in [-0.1, -0.05) is 37.6 Å². The van der Waals surface area contributed by atoms with Crippen LogP contribution in [0.1, 0.15) is 30.9 Å². The van der Waals surface area contributed by atoms with Crippen LogP contribution < -0.4 is 0 Å². The van der Waals surface area contributed by atoms with Crippen molar-refractivity contribution in [3.8, 4) is 11.5 Å². The zero-order chi connectivity index (χ0) is 14.3. The van der Waals surface area contributed by atoms with Crippen LogP contribution in [0.15, 0.2) is 40.8 Å². The van der Waals surface area contributed by atoms with E-state index in [-0.39, 0.29) is 0 Å². The number of benzene rings is 2. The summed E-state index contributed by atoms with van der Waals surface area (Å²) in [6.45, 7) is 6.34. The highest BCUT2D eigenvalue weighted by Crippen LogP contribution is 2.31. The second-order valence-electron chi connectivity index (χ2n) is 5.38. The summed E-state index contributed by atoms with van der Waals surface area (Å²) in [7, 11) is 0. The molecule has 0 unspecified atom stereocenters. The lowest BCUT2D eigenvalue weighted by atomic mass is 10.0. The Labute approximate surface area is 123 Å². The smallest absolute Gasteiger partial charge is 0.228 e. The summed E-state index contributed by atoms with van der Waals surface area (Å²) in [4.78, 5) is 4.57. The van der Waals surface area contributed by atoms with Gasteiger partial charge in [-0.3, -0.25) is 0 Å². The van der Waals surface area contributed by atoms with E-state index in [1.807, 2.05) is 31.2 Å². The largest absolute Gasteiger partial charge is 0.436 e. The number of rotatable bonds is 2. The first-order valence-corrected chi connectivity index (χ1v) is 7.09. The molecule has 0 aliphatic heterocycles. The Hall–Kier alpha value is -1.80. The van der Waals surface area contributed by atoms with Crippen LogP contribution in [0.4, 0.5) is 0 Å². The summed E-state index contributed by atoms with van der Waals surface area (Å²) in [6, 6.07) is 12.0. The van der Waals surface area contributed by atoms with Crippen LogP contribution in [0.2, 0.25) is 5.02 Å². The Morgan fingerprint density at radius 1 is 1.10 bits per heavy atom. The lowest BCUT2D eigenvalue weighted by Gasteiger charge is -2.02. The standard InChI is InChI=1S/C17H16ClNO/c1-10(2)12-5-7-16-15(9-12)19-17(20-16)13-6-4-11(3)8-14(13)18/h4-10H,1-3H3. The van der Waals surface area contributed by atoms with Crippen LogP contribution in [0.5, 0.6) is 0 Å². The first-order valence-electron chi connectivity index (χ1n) is 6.71. The van der Waals surface area contributed by atoms with E-state index < -0.39 is 0 Å². The predicted octanol–water partition coefficient (Wildman–Crippen LogP) is 5.58. The van der Waals surface area contributed by atoms with Gasteiger partial charge in [-0.25, -0.2) is 4.98 Å². The van der Waals surface area contributed by atoms with Gasteiger partial charge in [0.1, 0.15) is 5.52 Å². The van der Waals surface area contributed by atoms with Gasteiger partial charge in [0.2, 0.25) is 5.89 Å². The van der Waals surface area contributed by atoms with Crippen molar-refractivity contribution in [1.82, 2.24) is 4.98 Å². The minimum atomic E-state index is 0.475. The maximum absolute atomic E-state index is 6.27. The Morgan fingerprint density at radius 3 is 2.60 bits per heavy atom. The molecule has 0 spiro atoms. The molecule has 1 heterocycles. The number of hydrogen-bond donors (Lipinski definition) is 0. The average molecular weight is 286 g/mol. The van der Waals surface area contributed by atoms with Crippen LogP contribution >= 0.6 is 11.6 Å². The topological polar surface area (TPSA) is 26.0 Å². The number of hydrogen-bond acceptors (Lipinski definition) is 2. The molecule has 0 saturated heterocycles. The lowest BCUT2D eigenvalue weighted by Crippen LogP contribution is -1.85. The van der Waals surface area contributed by atoms with Crippen molar-refractivity contribution in [3.63, 3.8) is 0 Å². The van der Waals surface area contributed by atoms with Crippen LogP contribution in [-0.2, 0) is 0 Å². The van der Waals surface area contributed by atoms with Crippen molar-refractivity contribution >= 4 is 22.7 Å². The number of fused-ring (bicyclic) bond motifs is 1. The van der Waals surface area contributed by atoms with E-state index in [0.717, 1.165) is 22.2 Å². The summed E-state index contributed by atoms with van der Waals surface area (Å²) in [6.07, 6.45) is 0. The van der Waals surface area contributed by atoms with Gasteiger partial charge in [0.25, 0.3) is 0 Å². The summed E-state index contributed by atoms with van der Waals surface area (Å²) >= 11 is 6.27. The molecule has 3 rings (SSSR count). The molecule has 102 valence electrons. The Balaban J connectivity index is 2.13. The van der Waals surface area contributed by atoms with Crippen molar-refractivity contribution in [2.75, 3.05) is 0 Å². The number of halogens is 1. The Morgan fingerprint density at radius 2 is 1.90 bits per heavy atom. The van der Waals surface area contributed by atoms with Gasteiger partial charge in [-0.2, -0.15) is 0 Å². The number of aryl methyl sites for hydroxylation is 1. The normalized spacial score (nSPS) is 11.4. The highest BCUT2D eigenvalue weighted by atomic mass is 35.5. The van der Waals surface area contributed by atoms with E-state index in [9.17, 15) is 0 Å². The molecule has 2 nitrogen and oxygen atoms in total.